The van der Waals surface area contributed by atoms with E-state index < -0.39 is 17.7 Å². The Balaban J connectivity index is 1.56. The van der Waals surface area contributed by atoms with E-state index in [1.54, 1.807) is 48.5 Å². The number of nitrogens with one attached hydrogen (secondary N) is 1. The van der Waals surface area contributed by atoms with Gasteiger partial charge in [-0.25, -0.2) is 0 Å². The Kier molecular flexibility index (Phi) is 6.02. The summed E-state index contributed by atoms with van der Waals surface area (Å²) >= 11 is 9.47. The Morgan fingerprint density at radius 1 is 1.00 bits per heavy atom. The SMILES string of the molecule is O=C1C(=O)N(CCc2c[nH]c3ccccc23)C(c2ccc(Cl)cc2)C1=C(O)c1ccc(Br)cc1. The summed E-state index contributed by atoms with van der Waals surface area (Å²) in [5, 5.41) is 12.8. The van der Waals surface area contributed by atoms with E-state index in [2.05, 4.69) is 20.9 Å². The number of hydrogen-bond donors (Lipinski definition) is 2. The molecule has 4 aromatic rings. The summed E-state index contributed by atoms with van der Waals surface area (Å²) in [5.74, 6) is -1.52. The summed E-state index contributed by atoms with van der Waals surface area (Å²) in [4.78, 5) is 31.1. The Morgan fingerprint density at radius 3 is 2.44 bits per heavy atom. The first-order valence-electron chi connectivity index (χ1n) is 10.8. The minimum Gasteiger partial charge on any atom is -0.507 e. The molecule has 1 saturated heterocycles. The van der Waals surface area contributed by atoms with Crippen molar-refractivity contribution in [2.24, 2.45) is 0 Å². The van der Waals surface area contributed by atoms with Gasteiger partial charge in [0.25, 0.3) is 11.7 Å². The second-order valence-corrected chi connectivity index (χ2v) is 9.51. The number of likely N-dealkylation sites (tertiary alicyclic amines) is 1. The Hall–Kier alpha value is -3.35. The molecule has 1 amide bonds. The molecule has 2 heterocycles. The van der Waals surface area contributed by atoms with Gasteiger partial charge in [0.05, 0.1) is 11.6 Å². The molecule has 1 atom stereocenters. The number of Topliss-reactive ketones (excluding diaryl/α,β-unsaturated/α-hetero) is 1. The van der Waals surface area contributed by atoms with Crippen molar-refractivity contribution in [1.82, 2.24) is 9.88 Å². The average Bonchev–Trinajstić information content (AvgIpc) is 3.37. The predicted molar refractivity (Wildman–Crippen MR) is 137 cm³/mol. The van der Waals surface area contributed by atoms with E-state index in [4.69, 9.17) is 11.6 Å². The Morgan fingerprint density at radius 2 is 1.71 bits per heavy atom. The summed E-state index contributed by atoms with van der Waals surface area (Å²) in [5.41, 5.74) is 3.33. The second kappa shape index (κ2) is 9.12. The van der Waals surface area contributed by atoms with Gasteiger partial charge in [-0.05, 0) is 47.9 Å². The molecule has 0 saturated carbocycles. The van der Waals surface area contributed by atoms with Crippen LogP contribution in [0.25, 0.3) is 16.7 Å². The van der Waals surface area contributed by atoms with E-state index in [0.717, 1.165) is 20.9 Å². The first-order valence-corrected chi connectivity index (χ1v) is 12.0. The predicted octanol–water partition coefficient (Wildman–Crippen LogP) is 6.25. The van der Waals surface area contributed by atoms with Crippen LogP contribution in [0.4, 0.5) is 0 Å². The molecule has 0 aliphatic carbocycles. The molecule has 1 aliphatic heterocycles. The molecular weight excluding hydrogens is 516 g/mol. The minimum atomic E-state index is -0.717. The van der Waals surface area contributed by atoms with E-state index in [-0.39, 0.29) is 11.3 Å². The third-order valence-electron chi connectivity index (χ3n) is 6.14. The Labute approximate surface area is 209 Å². The summed E-state index contributed by atoms with van der Waals surface area (Å²) in [6.45, 7) is 0.316. The number of amides is 1. The fourth-order valence-corrected chi connectivity index (χ4v) is 4.84. The molecule has 1 unspecified atom stereocenters. The second-order valence-electron chi connectivity index (χ2n) is 8.16. The molecule has 5 nitrogen and oxygen atoms in total. The van der Waals surface area contributed by atoms with Gasteiger partial charge in [0.15, 0.2) is 0 Å². The standard InChI is InChI=1S/C27H20BrClN2O3/c28-19-9-5-17(6-10-19)25(32)23-24(16-7-11-20(29)12-8-16)31(27(34)26(23)33)14-13-18-15-30-22-4-2-1-3-21(18)22/h1-12,15,24,30,32H,13-14H2. The lowest BCUT2D eigenvalue weighted by atomic mass is 9.95. The van der Waals surface area contributed by atoms with Crippen LogP contribution in [0, 0.1) is 0 Å². The highest BCUT2D eigenvalue weighted by atomic mass is 79.9. The molecule has 34 heavy (non-hydrogen) atoms. The topological polar surface area (TPSA) is 73.4 Å². The number of aromatic amines is 1. The van der Waals surface area contributed by atoms with Gasteiger partial charge in [0.1, 0.15) is 5.76 Å². The first-order chi connectivity index (χ1) is 16.4. The molecule has 1 fully saturated rings. The van der Waals surface area contributed by atoms with Gasteiger partial charge in [0.2, 0.25) is 0 Å². The third-order valence-corrected chi connectivity index (χ3v) is 6.92. The van der Waals surface area contributed by atoms with Gasteiger partial charge >= 0.3 is 0 Å². The third kappa shape index (κ3) is 4.04. The zero-order valence-corrected chi connectivity index (χ0v) is 20.3. The maximum Gasteiger partial charge on any atom is 0.295 e. The summed E-state index contributed by atoms with van der Waals surface area (Å²) < 4.78 is 0.845. The molecule has 7 heteroatoms. The Bertz CT molecular complexity index is 1420. The lowest BCUT2D eigenvalue weighted by Gasteiger charge is -2.25. The maximum atomic E-state index is 13.2. The maximum absolute atomic E-state index is 13.2. The van der Waals surface area contributed by atoms with Crippen LogP contribution in [0.5, 0.6) is 0 Å². The number of rotatable bonds is 5. The number of fused-ring (bicyclic) bond motifs is 1. The van der Waals surface area contributed by atoms with Crippen molar-refractivity contribution in [2.75, 3.05) is 6.54 Å². The van der Waals surface area contributed by atoms with Crippen molar-refractivity contribution in [3.63, 3.8) is 0 Å². The van der Waals surface area contributed by atoms with E-state index >= 15 is 0 Å². The number of nitrogens with zero attached hydrogens (tertiary/aromatic N) is 1. The van der Waals surface area contributed by atoms with Crippen LogP contribution in [-0.4, -0.2) is 33.2 Å². The van der Waals surface area contributed by atoms with Crippen LogP contribution in [0.15, 0.2) is 89.0 Å². The molecule has 0 spiro atoms. The van der Waals surface area contributed by atoms with Crippen molar-refractivity contribution in [3.05, 3.63) is 111 Å². The van der Waals surface area contributed by atoms with Gasteiger partial charge in [-0.3, -0.25) is 9.59 Å². The van der Waals surface area contributed by atoms with Crippen molar-refractivity contribution in [3.8, 4) is 0 Å². The fraction of sp³-hybridized carbons (Fsp3) is 0.111. The zero-order valence-electron chi connectivity index (χ0n) is 18.0. The summed E-state index contributed by atoms with van der Waals surface area (Å²) in [6, 6.07) is 21.2. The number of halogens is 2. The number of carbonyl (C=O) groups excluding carboxylic acids is 2. The van der Waals surface area contributed by atoms with Gasteiger partial charge in [-0.1, -0.05) is 70.0 Å². The zero-order chi connectivity index (χ0) is 23.8. The van der Waals surface area contributed by atoms with Crippen LogP contribution in [-0.2, 0) is 16.0 Å². The highest BCUT2D eigenvalue weighted by Crippen LogP contribution is 2.40. The highest BCUT2D eigenvalue weighted by Gasteiger charge is 2.45. The smallest absolute Gasteiger partial charge is 0.295 e. The number of hydrogen-bond acceptors (Lipinski definition) is 3. The van der Waals surface area contributed by atoms with Crippen LogP contribution in [0.2, 0.25) is 5.02 Å². The van der Waals surface area contributed by atoms with Crippen molar-refractivity contribution < 1.29 is 14.7 Å². The lowest BCUT2D eigenvalue weighted by Crippen LogP contribution is -2.31. The molecule has 170 valence electrons. The highest BCUT2D eigenvalue weighted by molar-refractivity contribution is 9.10. The van der Waals surface area contributed by atoms with Gasteiger partial charge in [0, 0.05) is 38.7 Å². The van der Waals surface area contributed by atoms with Crippen LogP contribution in [0.1, 0.15) is 22.7 Å². The monoisotopic (exact) mass is 534 g/mol. The van der Waals surface area contributed by atoms with E-state index in [9.17, 15) is 14.7 Å². The van der Waals surface area contributed by atoms with E-state index in [1.165, 1.54) is 4.90 Å². The molecule has 0 bridgehead atoms. The van der Waals surface area contributed by atoms with Crippen molar-refractivity contribution in [1.29, 1.82) is 0 Å². The number of carbonyl (C=O) groups is 2. The largest absolute Gasteiger partial charge is 0.507 e. The average molecular weight is 536 g/mol. The van der Waals surface area contributed by atoms with Gasteiger partial charge in [-0.2, -0.15) is 0 Å². The summed E-state index contributed by atoms with van der Waals surface area (Å²) in [7, 11) is 0. The molecular formula is C27H20BrClN2O3. The van der Waals surface area contributed by atoms with Crippen LogP contribution in [0.3, 0.4) is 0 Å². The number of ketones is 1. The molecule has 3 aromatic carbocycles. The molecule has 1 aromatic heterocycles. The van der Waals surface area contributed by atoms with E-state index in [0.29, 0.717) is 29.1 Å². The van der Waals surface area contributed by atoms with Gasteiger partial charge < -0.3 is 15.0 Å². The number of aliphatic hydroxyl groups excluding tert-OH is 1. The number of aliphatic hydroxyl groups is 1. The number of benzene rings is 3. The first kappa shape index (κ1) is 22.4. The van der Waals surface area contributed by atoms with Crippen LogP contribution >= 0.6 is 27.5 Å². The molecule has 1 aliphatic rings. The number of aromatic nitrogens is 1. The molecule has 2 N–H and O–H groups in total. The fourth-order valence-electron chi connectivity index (χ4n) is 4.44. The van der Waals surface area contributed by atoms with Crippen LogP contribution < -0.4 is 0 Å². The summed E-state index contributed by atoms with van der Waals surface area (Å²) in [6.07, 6.45) is 2.49. The van der Waals surface area contributed by atoms with E-state index in [1.807, 2.05) is 30.5 Å². The molecule has 0 radical (unpaired) electrons. The van der Waals surface area contributed by atoms with Crippen molar-refractivity contribution in [2.45, 2.75) is 12.5 Å². The quantitative estimate of drug-likeness (QED) is 0.180. The normalized spacial score (nSPS) is 17.6. The number of para-hydroxylation sites is 1. The molecule has 5 rings (SSSR count). The number of H-pyrrole nitrogens is 1. The minimum absolute atomic E-state index is 0.0774. The lowest BCUT2D eigenvalue weighted by molar-refractivity contribution is -0.139. The van der Waals surface area contributed by atoms with Gasteiger partial charge in [-0.15, -0.1) is 0 Å². The van der Waals surface area contributed by atoms with Crippen molar-refractivity contribution >= 4 is 55.9 Å².